The first-order chi connectivity index (χ1) is 32.0. The first kappa shape index (κ1) is 36.4. The maximum Gasteiger partial charge on any atom is 0.132 e. The number of benzene rings is 10. The van der Waals surface area contributed by atoms with E-state index in [1.54, 1.807) is 0 Å². The van der Waals surface area contributed by atoms with Crippen LogP contribution < -0.4 is 9.64 Å². The summed E-state index contributed by atoms with van der Waals surface area (Å²) in [6.45, 7) is 4.73. The monoisotopic (exact) mass is 830 g/mol. The molecule has 1 spiro atoms. The second kappa shape index (κ2) is 13.2. The first-order valence-corrected chi connectivity index (χ1v) is 22.7. The SMILES string of the molecule is CC1(C)c2ccccc2-c2c(-n3c4ccccc4c4ccc(N(c5ccccc5)c5ccc6c7c(cccc57)C5(c7ccccc7Oc7ccccc75)c5ccccc5-6)cc43)cccc21. The molecule has 10 aromatic carbocycles. The van der Waals surface area contributed by atoms with Crippen LogP contribution in [0.15, 0.2) is 218 Å². The third kappa shape index (κ3) is 4.74. The van der Waals surface area contributed by atoms with Gasteiger partial charge in [0.05, 0.1) is 27.8 Å². The number of anilines is 3. The van der Waals surface area contributed by atoms with E-state index in [0.29, 0.717) is 0 Å². The van der Waals surface area contributed by atoms with Gasteiger partial charge in [0.25, 0.3) is 0 Å². The average molecular weight is 831 g/mol. The fraction of sp³-hybridized carbons (Fsp3) is 0.0645. The van der Waals surface area contributed by atoms with Gasteiger partial charge in [0.15, 0.2) is 0 Å². The second-order valence-electron chi connectivity index (χ2n) is 18.3. The predicted octanol–water partition coefficient (Wildman–Crippen LogP) is 16.2. The van der Waals surface area contributed by atoms with Gasteiger partial charge >= 0.3 is 0 Å². The highest BCUT2D eigenvalue weighted by Gasteiger charge is 2.49. The number of para-hydroxylation sites is 4. The van der Waals surface area contributed by atoms with Gasteiger partial charge in [0.1, 0.15) is 11.5 Å². The minimum Gasteiger partial charge on any atom is -0.457 e. The zero-order chi connectivity index (χ0) is 43.0. The summed E-state index contributed by atoms with van der Waals surface area (Å²) in [7, 11) is 0. The van der Waals surface area contributed by atoms with Crippen molar-refractivity contribution in [1.82, 2.24) is 4.57 Å². The number of hydrogen-bond acceptors (Lipinski definition) is 2. The van der Waals surface area contributed by atoms with Gasteiger partial charge in [-0.3, -0.25) is 0 Å². The minimum atomic E-state index is -0.603. The molecule has 0 saturated carbocycles. The standard InChI is InChI=1S/C62H42N2O/c1-61(2)47-24-9-7-22-45(47)60-51(61)28-17-31-55(60)64-53-30-13-8-21-42(53)43-35-34-40(38-56(43)64)63(39-18-4-3-5-19-39)54-37-36-44-41-20-6-10-25-48(41)62(52-29-16-23-46(54)59(44)52)49-26-11-14-32-57(49)65-58-33-15-12-27-50(58)62/h3-38H,1-2H3. The molecule has 1 aliphatic heterocycles. The van der Waals surface area contributed by atoms with Crippen LogP contribution in [-0.4, -0.2) is 4.57 Å². The van der Waals surface area contributed by atoms with Crippen molar-refractivity contribution in [2.24, 2.45) is 0 Å². The average Bonchev–Trinajstić information content (AvgIpc) is 3.81. The molecule has 0 N–H and O–H groups in total. The molecular formula is C62H42N2O. The van der Waals surface area contributed by atoms with Crippen molar-refractivity contribution in [3.63, 3.8) is 0 Å². The zero-order valence-corrected chi connectivity index (χ0v) is 36.1. The van der Waals surface area contributed by atoms with Crippen LogP contribution in [0.25, 0.3) is 60.5 Å². The van der Waals surface area contributed by atoms with E-state index in [1.807, 2.05) is 0 Å². The lowest BCUT2D eigenvalue weighted by Gasteiger charge is -2.45. The van der Waals surface area contributed by atoms with E-state index in [1.165, 1.54) is 82.8 Å². The fourth-order valence-corrected chi connectivity index (χ4v) is 12.2. The van der Waals surface area contributed by atoms with Crippen LogP contribution >= 0.6 is 0 Å². The number of hydrogen-bond donors (Lipinski definition) is 0. The molecule has 0 amide bonds. The van der Waals surface area contributed by atoms with E-state index >= 15 is 0 Å². The Morgan fingerprint density at radius 2 is 1.00 bits per heavy atom. The van der Waals surface area contributed by atoms with Gasteiger partial charge in [0.2, 0.25) is 0 Å². The van der Waals surface area contributed by atoms with Crippen LogP contribution in [-0.2, 0) is 10.8 Å². The Morgan fingerprint density at radius 3 is 1.80 bits per heavy atom. The number of ether oxygens (including phenoxy) is 1. The highest BCUT2D eigenvalue weighted by molar-refractivity contribution is 6.14. The van der Waals surface area contributed by atoms with Crippen LogP contribution in [0.4, 0.5) is 17.1 Å². The van der Waals surface area contributed by atoms with Gasteiger partial charge in [-0.2, -0.15) is 0 Å². The summed E-state index contributed by atoms with van der Waals surface area (Å²) in [6, 6.07) is 80.6. The maximum atomic E-state index is 6.72. The number of fused-ring (bicyclic) bond motifs is 14. The molecule has 0 saturated heterocycles. The van der Waals surface area contributed by atoms with E-state index in [2.05, 4.69) is 242 Å². The summed E-state index contributed by atoms with van der Waals surface area (Å²) in [5.41, 5.74) is 18.9. The highest BCUT2D eigenvalue weighted by atomic mass is 16.5. The minimum absolute atomic E-state index is 0.113. The van der Waals surface area contributed by atoms with Crippen LogP contribution in [0.5, 0.6) is 11.5 Å². The summed E-state index contributed by atoms with van der Waals surface area (Å²) in [4.78, 5) is 2.47. The molecular weight excluding hydrogens is 789 g/mol. The lowest BCUT2D eigenvalue weighted by atomic mass is 9.58. The fourth-order valence-electron chi connectivity index (χ4n) is 12.2. The molecule has 306 valence electrons. The maximum absolute atomic E-state index is 6.72. The van der Waals surface area contributed by atoms with Crippen molar-refractivity contribution < 1.29 is 4.74 Å². The molecule has 11 aromatic rings. The molecule has 1 aromatic heterocycles. The van der Waals surface area contributed by atoms with Crippen LogP contribution in [0.3, 0.4) is 0 Å². The van der Waals surface area contributed by atoms with E-state index < -0.39 is 5.41 Å². The van der Waals surface area contributed by atoms with Crippen molar-refractivity contribution in [2.45, 2.75) is 24.7 Å². The lowest BCUT2D eigenvalue weighted by Crippen LogP contribution is -2.36. The lowest BCUT2D eigenvalue weighted by molar-refractivity contribution is 0.435. The first-order valence-electron chi connectivity index (χ1n) is 22.7. The van der Waals surface area contributed by atoms with Crippen LogP contribution in [0.1, 0.15) is 47.2 Å². The molecule has 0 unspecified atom stereocenters. The van der Waals surface area contributed by atoms with Gasteiger partial charge in [-0.25, -0.2) is 0 Å². The Hall–Kier alpha value is -8.14. The molecule has 65 heavy (non-hydrogen) atoms. The Bertz CT molecular complexity index is 3750. The zero-order valence-electron chi connectivity index (χ0n) is 36.1. The summed E-state index contributed by atoms with van der Waals surface area (Å²) >= 11 is 0. The number of rotatable bonds is 4. The van der Waals surface area contributed by atoms with Gasteiger partial charge in [-0.15, -0.1) is 0 Å². The van der Waals surface area contributed by atoms with Crippen LogP contribution in [0.2, 0.25) is 0 Å². The van der Waals surface area contributed by atoms with Crippen LogP contribution in [0, 0.1) is 0 Å². The van der Waals surface area contributed by atoms with Gasteiger partial charge < -0.3 is 14.2 Å². The Morgan fingerprint density at radius 1 is 0.400 bits per heavy atom. The van der Waals surface area contributed by atoms with Crippen molar-refractivity contribution in [2.75, 3.05) is 4.90 Å². The summed E-state index contributed by atoms with van der Waals surface area (Å²) in [5, 5.41) is 4.92. The smallest absolute Gasteiger partial charge is 0.132 e. The molecule has 0 atom stereocenters. The highest BCUT2D eigenvalue weighted by Crippen LogP contribution is 2.62. The van der Waals surface area contributed by atoms with Gasteiger partial charge in [-0.05, 0) is 98.9 Å². The molecule has 0 radical (unpaired) electrons. The predicted molar refractivity (Wildman–Crippen MR) is 268 cm³/mol. The Kier molecular flexibility index (Phi) is 7.38. The second-order valence-corrected chi connectivity index (χ2v) is 18.3. The molecule has 3 nitrogen and oxygen atoms in total. The molecule has 0 bridgehead atoms. The molecule has 0 fully saturated rings. The third-order valence-electron chi connectivity index (χ3n) is 14.8. The quantitative estimate of drug-likeness (QED) is 0.176. The summed E-state index contributed by atoms with van der Waals surface area (Å²) < 4.78 is 9.24. The normalized spacial score (nSPS) is 14.4. The van der Waals surface area contributed by atoms with Crippen molar-refractivity contribution in [3.8, 4) is 39.4 Å². The molecule has 14 rings (SSSR count). The van der Waals surface area contributed by atoms with E-state index in [0.717, 1.165) is 39.7 Å². The van der Waals surface area contributed by atoms with E-state index in [4.69, 9.17) is 4.74 Å². The van der Waals surface area contributed by atoms with E-state index in [-0.39, 0.29) is 5.41 Å². The Labute approximate surface area is 378 Å². The molecule has 3 heteroatoms. The largest absolute Gasteiger partial charge is 0.457 e. The van der Waals surface area contributed by atoms with Gasteiger partial charge in [-0.1, -0.05) is 178 Å². The third-order valence-corrected chi connectivity index (χ3v) is 14.8. The Balaban J connectivity index is 1.06. The number of nitrogens with zero attached hydrogens (tertiary/aromatic N) is 2. The molecule has 3 aliphatic rings. The molecule has 2 aliphatic carbocycles. The summed E-state index contributed by atoms with van der Waals surface area (Å²) in [6.07, 6.45) is 0. The summed E-state index contributed by atoms with van der Waals surface area (Å²) in [5.74, 6) is 1.78. The van der Waals surface area contributed by atoms with Gasteiger partial charge in [0, 0.05) is 49.6 Å². The van der Waals surface area contributed by atoms with Crippen molar-refractivity contribution in [1.29, 1.82) is 0 Å². The molecule has 2 heterocycles. The number of aromatic nitrogens is 1. The van der Waals surface area contributed by atoms with Crippen molar-refractivity contribution in [3.05, 3.63) is 252 Å². The van der Waals surface area contributed by atoms with E-state index in [9.17, 15) is 0 Å². The topological polar surface area (TPSA) is 17.4 Å². The van der Waals surface area contributed by atoms with Crippen molar-refractivity contribution >= 4 is 49.6 Å².